The van der Waals surface area contributed by atoms with Gasteiger partial charge >= 0.3 is 0 Å². The van der Waals surface area contributed by atoms with Gasteiger partial charge in [-0.05, 0) is 61.1 Å². The Morgan fingerprint density at radius 2 is 1.94 bits per heavy atom. The molecular weight excluding hydrogens is 311 g/mol. The lowest BCUT2D eigenvalue weighted by Crippen LogP contribution is -2.30. The Morgan fingerprint density at radius 3 is 2.44 bits per heavy atom. The standard InChI is InChI=1S/C13H17IN2/c1-10(16-9-13(2,3)8-15)11-4-6-12(14)7-5-11/h4-7,10,16H,9H2,1-3H3. The third-order valence-corrected chi connectivity index (χ3v) is 3.24. The molecule has 86 valence electrons. The largest absolute Gasteiger partial charge is 0.309 e. The van der Waals surface area contributed by atoms with Gasteiger partial charge < -0.3 is 5.32 Å². The Labute approximate surface area is 111 Å². The van der Waals surface area contributed by atoms with Crippen molar-refractivity contribution in [1.82, 2.24) is 5.32 Å². The molecule has 1 rings (SSSR count). The maximum atomic E-state index is 8.92. The van der Waals surface area contributed by atoms with E-state index in [4.69, 9.17) is 5.26 Å². The fourth-order valence-electron chi connectivity index (χ4n) is 1.32. The third kappa shape index (κ3) is 4.11. The van der Waals surface area contributed by atoms with Crippen LogP contribution in [0.1, 0.15) is 32.4 Å². The molecule has 2 nitrogen and oxygen atoms in total. The van der Waals surface area contributed by atoms with E-state index in [0.717, 1.165) is 0 Å². The number of hydrogen-bond acceptors (Lipinski definition) is 2. The first-order valence-corrected chi connectivity index (χ1v) is 6.42. The number of benzene rings is 1. The van der Waals surface area contributed by atoms with Crippen LogP contribution < -0.4 is 5.32 Å². The molecule has 0 bridgehead atoms. The Hall–Kier alpha value is -0.600. The molecule has 0 spiro atoms. The van der Waals surface area contributed by atoms with E-state index < -0.39 is 0 Å². The molecule has 0 aromatic heterocycles. The predicted molar refractivity (Wildman–Crippen MR) is 75.0 cm³/mol. The average Bonchev–Trinajstić information content (AvgIpc) is 2.27. The molecule has 0 aliphatic carbocycles. The van der Waals surface area contributed by atoms with Crippen molar-refractivity contribution in [2.75, 3.05) is 6.54 Å². The van der Waals surface area contributed by atoms with Crippen LogP contribution in [0.4, 0.5) is 0 Å². The summed E-state index contributed by atoms with van der Waals surface area (Å²) in [6.07, 6.45) is 0. The van der Waals surface area contributed by atoms with Crippen molar-refractivity contribution >= 4 is 22.6 Å². The van der Waals surface area contributed by atoms with E-state index in [1.165, 1.54) is 9.13 Å². The van der Waals surface area contributed by atoms with Crippen molar-refractivity contribution < 1.29 is 0 Å². The van der Waals surface area contributed by atoms with E-state index in [-0.39, 0.29) is 11.5 Å². The normalized spacial score (nSPS) is 13.2. The van der Waals surface area contributed by atoms with E-state index in [1.54, 1.807) is 0 Å². The zero-order chi connectivity index (χ0) is 12.2. The van der Waals surface area contributed by atoms with Crippen LogP contribution in [-0.2, 0) is 0 Å². The van der Waals surface area contributed by atoms with Crippen molar-refractivity contribution in [2.24, 2.45) is 5.41 Å². The molecule has 16 heavy (non-hydrogen) atoms. The van der Waals surface area contributed by atoms with Gasteiger partial charge in [0.25, 0.3) is 0 Å². The van der Waals surface area contributed by atoms with Gasteiger partial charge in [0.05, 0.1) is 11.5 Å². The van der Waals surface area contributed by atoms with E-state index in [2.05, 4.69) is 65.2 Å². The number of nitriles is 1. The number of nitrogens with zero attached hydrogens (tertiary/aromatic N) is 1. The molecule has 0 amide bonds. The summed E-state index contributed by atoms with van der Waals surface area (Å²) in [5, 5.41) is 12.3. The smallest absolute Gasteiger partial charge is 0.0697 e. The monoisotopic (exact) mass is 328 g/mol. The van der Waals surface area contributed by atoms with Gasteiger partial charge in [0, 0.05) is 16.2 Å². The minimum Gasteiger partial charge on any atom is -0.309 e. The average molecular weight is 328 g/mol. The summed E-state index contributed by atoms with van der Waals surface area (Å²) in [4.78, 5) is 0. The molecule has 3 heteroatoms. The fourth-order valence-corrected chi connectivity index (χ4v) is 1.68. The van der Waals surface area contributed by atoms with E-state index >= 15 is 0 Å². The first-order chi connectivity index (χ1) is 7.44. The second-order valence-corrected chi connectivity index (χ2v) is 5.90. The lowest BCUT2D eigenvalue weighted by Gasteiger charge is -2.20. The Kier molecular flexibility index (Phi) is 4.75. The first-order valence-electron chi connectivity index (χ1n) is 5.35. The predicted octanol–water partition coefficient (Wildman–Crippen LogP) is 3.49. The van der Waals surface area contributed by atoms with Gasteiger partial charge in [0.1, 0.15) is 0 Å². The van der Waals surface area contributed by atoms with Crippen molar-refractivity contribution in [1.29, 1.82) is 5.26 Å². The molecule has 1 unspecified atom stereocenters. The van der Waals surface area contributed by atoms with Gasteiger partial charge in [-0.25, -0.2) is 0 Å². The van der Waals surface area contributed by atoms with Gasteiger partial charge in [-0.2, -0.15) is 5.26 Å². The summed E-state index contributed by atoms with van der Waals surface area (Å²) in [5.41, 5.74) is 0.950. The summed E-state index contributed by atoms with van der Waals surface area (Å²) >= 11 is 2.30. The first kappa shape index (κ1) is 13.5. The minimum atomic E-state index is -0.308. The molecule has 0 heterocycles. The van der Waals surface area contributed by atoms with E-state index in [1.807, 2.05) is 13.8 Å². The summed E-state index contributed by atoms with van der Waals surface area (Å²) in [6.45, 7) is 6.72. The molecule has 0 fully saturated rings. The third-order valence-electron chi connectivity index (χ3n) is 2.52. The molecule has 0 aliphatic heterocycles. The number of nitrogens with one attached hydrogen (secondary N) is 1. The molecule has 0 radical (unpaired) electrons. The SMILES string of the molecule is CC(NCC(C)(C)C#N)c1ccc(I)cc1. The van der Waals surface area contributed by atoms with Crippen molar-refractivity contribution in [3.8, 4) is 6.07 Å². The van der Waals surface area contributed by atoms with Gasteiger partial charge in [-0.3, -0.25) is 0 Å². The highest BCUT2D eigenvalue weighted by Crippen LogP contribution is 2.17. The molecule has 1 aromatic rings. The summed E-state index contributed by atoms with van der Waals surface area (Å²) < 4.78 is 1.24. The Morgan fingerprint density at radius 1 is 1.38 bits per heavy atom. The van der Waals surface area contributed by atoms with Crippen LogP contribution in [0.3, 0.4) is 0 Å². The zero-order valence-corrected chi connectivity index (χ0v) is 12.1. The number of hydrogen-bond donors (Lipinski definition) is 1. The highest BCUT2D eigenvalue weighted by molar-refractivity contribution is 14.1. The molecule has 0 saturated carbocycles. The highest BCUT2D eigenvalue weighted by Gasteiger charge is 2.17. The van der Waals surface area contributed by atoms with Crippen molar-refractivity contribution in [3.05, 3.63) is 33.4 Å². The maximum absolute atomic E-state index is 8.92. The van der Waals surface area contributed by atoms with Gasteiger partial charge in [0.15, 0.2) is 0 Å². The topological polar surface area (TPSA) is 35.8 Å². The summed E-state index contributed by atoms with van der Waals surface area (Å²) in [6, 6.07) is 11.0. The van der Waals surface area contributed by atoms with Crippen LogP contribution in [0, 0.1) is 20.3 Å². The molecule has 1 aromatic carbocycles. The quantitative estimate of drug-likeness (QED) is 0.859. The Bertz CT molecular complexity index is 376. The second-order valence-electron chi connectivity index (χ2n) is 4.65. The van der Waals surface area contributed by atoms with E-state index in [9.17, 15) is 0 Å². The van der Waals surface area contributed by atoms with Crippen molar-refractivity contribution in [2.45, 2.75) is 26.8 Å². The van der Waals surface area contributed by atoms with Crippen LogP contribution in [0.15, 0.2) is 24.3 Å². The molecule has 0 saturated heterocycles. The maximum Gasteiger partial charge on any atom is 0.0697 e. The van der Waals surface area contributed by atoms with Gasteiger partial charge in [-0.15, -0.1) is 0 Å². The minimum absolute atomic E-state index is 0.282. The van der Waals surface area contributed by atoms with Crippen LogP contribution in [0.2, 0.25) is 0 Å². The number of rotatable bonds is 4. The Balaban J connectivity index is 2.57. The zero-order valence-electron chi connectivity index (χ0n) is 9.92. The van der Waals surface area contributed by atoms with Crippen molar-refractivity contribution in [3.63, 3.8) is 0 Å². The van der Waals surface area contributed by atoms with Crippen LogP contribution in [0.5, 0.6) is 0 Å². The fraction of sp³-hybridized carbons (Fsp3) is 0.462. The molecule has 0 aliphatic rings. The second kappa shape index (κ2) is 5.65. The van der Waals surface area contributed by atoms with Crippen LogP contribution in [0.25, 0.3) is 0 Å². The summed E-state index contributed by atoms with van der Waals surface area (Å²) in [5.74, 6) is 0. The highest BCUT2D eigenvalue weighted by atomic mass is 127. The molecule has 1 atom stereocenters. The number of halogens is 1. The summed E-state index contributed by atoms with van der Waals surface area (Å²) in [7, 11) is 0. The van der Waals surface area contributed by atoms with E-state index in [0.29, 0.717) is 6.54 Å². The lowest BCUT2D eigenvalue weighted by molar-refractivity contribution is 0.415. The molecule has 1 N–H and O–H groups in total. The van der Waals surface area contributed by atoms with Crippen LogP contribution >= 0.6 is 22.6 Å². The van der Waals surface area contributed by atoms with Gasteiger partial charge in [0.2, 0.25) is 0 Å². The molecular formula is C13H17IN2. The van der Waals surface area contributed by atoms with Gasteiger partial charge in [-0.1, -0.05) is 12.1 Å². The van der Waals surface area contributed by atoms with Crippen LogP contribution in [-0.4, -0.2) is 6.54 Å². The lowest BCUT2D eigenvalue weighted by atomic mass is 9.95.